The van der Waals surface area contributed by atoms with E-state index in [2.05, 4.69) is 0 Å². The Hall–Kier alpha value is -1.03. The maximum Gasteiger partial charge on any atom is 0.416 e. The van der Waals surface area contributed by atoms with Crippen LogP contribution in [0.2, 0.25) is 0 Å². The number of aryl methyl sites for hydroxylation is 1. The van der Waals surface area contributed by atoms with Crippen LogP contribution in [0.4, 0.5) is 13.2 Å². The number of aliphatic hydroxyl groups excluding tert-OH is 1. The van der Waals surface area contributed by atoms with Gasteiger partial charge in [0.15, 0.2) is 0 Å². The molecule has 0 aliphatic heterocycles. The highest BCUT2D eigenvalue weighted by atomic mass is 19.4. The number of rotatable bonds is 5. The molecule has 0 saturated carbocycles. The summed E-state index contributed by atoms with van der Waals surface area (Å²) >= 11 is 0. The molecule has 1 nitrogen and oxygen atoms in total. The van der Waals surface area contributed by atoms with Gasteiger partial charge in [-0.25, -0.2) is 0 Å². The van der Waals surface area contributed by atoms with Gasteiger partial charge in [0, 0.05) is 0 Å². The van der Waals surface area contributed by atoms with Crippen molar-refractivity contribution in [1.29, 1.82) is 0 Å². The molecule has 102 valence electrons. The predicted molar refractivity (Wildman–Crippen MR) is 65.2 cm³/mol. The minimum atomic E-state index is -4.32. The fourth-order valence-electron chi connectivity index (χ4n) is 2.00. The van der Waals surface area contributed by atoms with Crippen molar-refractivity contribution in [3.63, 3.8) is 0 Å². The number of hydrogen-bond acceptors (Lipinski definition) is 1. The molecule has 0 bridgehead atoms. The zero-order valence-electron chi connectivity index (χ0n) is 10.7. The summed E-state index contributed by atoms with van der Waals surface area (Å²) in [5.41, 5.74) is -0.338. The van der Waals surface area contributed by atoms with Crippen LogP contribution in [-0.2, 0) is 12.6 Å². The lowest BCUT2D eigenvalue weighted by molar-refractivity contribution is -0.138. The molecule has 18 heavy (non-hydrogen) atoms. The van der Waals surface area contributed by atoms with E-state index in [0.29, 0.717) is 18.8 Å². The van der Waals surface area contributed by atoms with Gasteiger partial charge in [0.05, 0.1) is 11.7 Å². The van der Waals surface area contributed by atoms with Crippen molar-refractivity contribution in [2.75, 3.05) is 0 Å². The van der Waals surface area contributed by atoms with E-state index in [0.717, 1.165) is 6.07 Å². The Labute approximate surface area is 106 Å². The molecule has 1 aromatic rings. The molecule has 4 heteroatoms. The predicted octanol–water partition coefficient (Wildman–Crippen LogP) is 4.05. The topological polar surface area (TPSA) is 20.2 Å². The molecule has 1 N–H and O–H groups in total. The molecule has 0 heterocycles. The second kappa shape index (κ2) is 6.23. The molecule has 1 unspecified atom stereocenters. The first-order chi connectivity index (χ1) is 8.30. The first-order valence-electron chi connectivity index (χ1n) is 6.14. The molecule has 0 spiro atoms. The lowest BCUT2D eigenvalue weighted by atomic mass is 9.97. The van der Waals surface area contributed by atoms with E-state index in [9.17, 15) is 18.3 Å². The molecule has 0 radical (unpaired) electrons. The third-order valence-corrected chi connectivity index (χ3v) is 2.81. The van der Waals surface area contributed by atoms with E-state index in [1.807, 2.05) is 13.8 Å². The van der Waals surface area contributed by atoms with Gasteiger partial charge in [-0.2, -0.15) is 13.2 Å². The molecule has 0 saturated heterocycles. The SMILES string of the molecule is CC(C)CC(O)CCc1ccccc1C(F)(F)F. The van der Waals surface area contributed by atoms with Crippen molar-refractivity contribution in [3.8, 4) is 0 Å². The summed E-state index contributed by atoms with van der Waals surface area (Å²) in [6, 6.07) is 5.55. The largest absolute Gasteiger partial charge is 0.416 e. The first kappa shape index (κ1) is 15.0. The molecule has 0 aliphatic rings. The van der Waals surface area contributed by atoms with Gasteiger partial charge in [0.25, 0.3) is 0 Å². The van der Waals surface area contributed by atoms with Crippen molar-refractivity contribution >= 4 is 0 Å². The van der Waals surface area contributed by atoms with Crippen molar-refractivity contribution in [2.24, 2.45) is 5.92 Å². The van der Waals surface area contributed by atoms with Gasteiger partial charge in [-0.3, -0.25) is 0 Å². The average Bonchev–Trinajstić information content (AvgIpc) is 2.24. The van der Waals surface area contributed by atoms with Gasteiger partial charge < -0.3 is 5.11 Å². The Kier molecular flexibility index (Phi) is 5.20. The fraction of sp³-hybridized carbons (Fsp3) is 0.571. The Morgan fingerprint density at radius 3 is 2.33 bits per heavy atom. The van der Waals surface area contributed by atoms with Crippen molar-refractivity contribution in [3.05, 3.63) is 35.4 Å². The van der Waals surface area contributed by atoms with Crippen LogP contribution in [0, 0.1) is 5.92 Å². The molecule has 0 aliphatic carbocycles. The number of benzene rings is 1. The lowest BCUT2D eigenvalue weighted by Crippen LogP contribution is -2.14. The minimum absolute atomic E-state index is 0.254. The smallest absolute Gasteiger partial charge is 0.393 e. The molecule has 0 amide bonds. The van der Waals surface area contributed by atoms with Crippen LogP contribution in [0.3, 0.4) is 0 Å². The molecule has 1 atom stereocenters. The van der Waals surface area contributed by atoms with Gasteiger partial charge in [-0.15, -0.1) is 0 Å². The van der Waals surface area contributed by atoms with E-state index >= 15 is 0 Å². The lowest BCUT2D eigenvalue weighted by Gasteiger charge is -2.15. The Balaban J connectivity index is 2.68. The summed E-state index contributed by atoms with van der Waals surface area (Å²) in [6.07, 6.45) is -3.62. The van der Waals surface area contributed by atoms with Crippen LogP contribution >= 0.6 is 0 Å². The third kappa shape index (κ3) is 4.69. The van der Waals surface area contributed by atoms with Crippen molar-refractivity contribution < 1.29 is 18.3 Å². The standard InChI is InChI=1S/C14H19F3O/c1-10(2)9-12(18)8-7-11-5-3-4-6-13(11)14(15,16)17/h3-6,10,12,18H,7-9H2,1-2H3. The Morgan fingerprint density at radius 1 is 1.17 bits per heavy atom. The quantitative estimate of drug-likeness (QED) is 0.847. The highest BCUT2D eigenvalue weighted by Crippen LogP contribution is 2.32. The highest BCUT2D eigenvalue weighted by molar-refractivity contribution is 5.29. The zero-order chi connectivity index (χ0) is 13.8. The van der Waals surface area contributed by atoms with Crippen molar-refractivity contribution in [2.45, 2.75) is 45.4 Å². The molecular formula is C14H19F3O. The molecule has 0 aromatic heterocycles. The van der Waals surface area contributed by atoms with E-state index in [4.69, 9.17) is 0 Å². The molecule has 0 fully saturated rings. The number of halogens is 3. The second-order valence-corrected chi connectivity index (χ2v) is 4.98. The summed E-state index contributed by atoms with van der Waals surface area (Å²) in [5, 5.41) is 9.69. The maximum atomic E-state index is 12.7. The monoisotopic (exact) mass is 260 g/mol. The second-order valence-electron chi connectivity index (χ2n) is 4.98. The van der Waals surface area contributed by atoms with Crippen LogP contribution in [0.1, 0.15) is 37.8 Å². The summed E-state index contributed by atoms with van der Waals surface area (Å²) in [6.45, 7) is 3.96. The fourth-order valence-corrected chi connectivity index (χ4v) is 2.00. The molecular weight excluding hydrogens is 241 g/mol. The Morgan fingerprint density at radius 2 is 1.78 bits per heavy atom. The van der Waals surface area contributed by atoms with E-state index in [-0.39, 0.29) is 12.0 Å². The molecule has 1 aromatic carbocycles. The Bertz CT molecular complexity index is 372. The molecule has 1 rings (SSSR count). The van der Waals surface area contributed by atoms with Crippen LogP contribution in [0.25, 0.3) is 0 Å². The number of alkyl halides is 3. The average molecular weight is 260 g/mol. The maximum absolute atomic E-state index is 12.7. The van der Waals surface area contributed by atoms with Crippen LogP contribution < -0.4 is 0 Å². The first-order valence-corrected chi connectivity index (χ1v) is 6.14. The van der Waals surface area contributed by atoms with Gasteiger partial charge in [-0.05, 0) is 36.8 Å². The summed E-state index contributed by atoms with van der Waals surface area (Å²) in [5.74, 6) is 0.345. The van der Waals surface area contributed by atoms with Gasteiger partial charge >= 0.3 is 6.18 Å². The van der Waals surface area contributed by atoms with Gasteiger partial charge in [0.2, 0.25) is 0 Å². The minimum Gasteiger partial charge on any atom is -0.393 e. The normalized spacial score (nSPS) is 13.9. The van der Waals surface area contributed by atoms with Gasteiger partial charge in [0.1, 0.15) is 0 Å². The van der Waals surface area contributed by atoms with E-state index in [1.54, 1.807) is 6.07 Å². The van der Waals surface area contributed by atoms with Crippen molar-refractivity contribution in [1.82, 2.24) is 0 Å². The summed E-state index contributed by atoms with van der Waals surface area (Å²) in [7, 11) is 0. The van der Waals surface area contributed by atoms with E-state index < -0.39 is 17.8 Å². The number of aliphatic hydroxyl groups is 1. The van der Waals surface area contributed by atoms with Gasteiger partial charge in [-0.1, -0.05) is 32.0 Å². The zero-order valence-corrected chi connectivity index (χ0v) is 10.7. The summed E-state index contributed by atoms with van der Waals surface area (Å²) in [4.78, 5) is 0. The third-order valence-electron chi connectivity index (χ3n) is 2.81. The van der Waals surface area contributed by atoms with Crippen LogP contribution in [-0.4, -0.2) is 11.2 Å². The summed E-state index contributed by atoms with van der Waals surface area (Å²) < 4.78 is 38.2. The highest BCUT2D eigenvalue weighted by Gasteiger charge is 2.32. The van der Waals surface area contributed by atoms with Crippen LogP contribution in [0.15, 0.2) is 24.3 Å². The van der Waals surface area contributed by atoms with E-state index in [1.165, 1.54) is 12.1 Å². The van der Waals surface area contributed by atoms with Crippen LogP contribution in [0.5, 0.6) is 0 Å². The number of hydrogen-bond donors (Lipinski definition) is 1.